The van der Waals surface area contributed by atoms with E-state index in [2.05, 4.69) is 15.3 Å². The van der Waals surface area contributed by atoms with Crippen LogP contribution in [-0.4, -0.2) is 20.4 Å². The van der Waals surface area contributed by atoms with Crippen molar-refractivity contribution in [3.8, 4) is 5.69 Å². The summed E-state index contributed by atoms with van der Waals surface area (Å²) in [6.07, 6.45) is 4.85. The maximum absolute atomic E-state index is 12.4. The Morgan fingerprint density at radius 2 is 2.00 bits per heavy atom. The first-order valence-electron chi connectivity index (χ1n) is 6.56. The molecule has 21 heavy (non-hydrogen) atoms. The number of imidazole rings is 1. The molecule has 0 aliphatic heterocycles. The third kappa shape index (κ3) is 2.81. The van der Waals surface area contributed by atoms with Crippen LogP contribution in [0, 0.1) is 6.92 Å². The number of carbonyl (C=O) groups excluding carboxylic acids is 1. The molecule has 0 aliphatic carbocycles. The normalized spacial score (nSPS) is 10.3. The number of hydrogen-bond donors (Lipinski definition) is 1. The standard InChI is InChI=1S/C16H14N4O/c1-12-9-13(7-8-18-12)19-16(21)15-10-17-11-20(15)14-5-3-2-4-6-14/h2-11H,1H3,(H,18,19,21). The molecule has 104 valence electrons. The van der Waals surface area contributed by atoms with Crippen molar-refractivity contribution < 1.29 is 4.79 Å². The van der Waals surface area contributed by atoms with E-state index in [9.17, 15) is 4.79 Å². The lowest BCUT2D eigenvalue weighted by molar-refractivity contribution is 0.102. The smallest absolute Gasteiger partial charge is 0.274 e. The third-order valence-electron chi connectivity index (χ3n) is 3.06. The molecule has 0 spiro atoms. The number of nitrogens with one attached hydrogen (secondary N) is 1. The molecule has 0 unspecified atom stereocenters. The molecule has 5 nitrogen and oxygen atoms in total. The number of aryl methyl sites for hydroxylation is 1. The first kappa shape index (κ1) is 13.1. The van der Waals surface area contributed by atoms with Crippen LogP contribution < -0.4 is 5.32 Å². The number of amides is 1. The van der Waals surface area contributed by atoms with E-state index >= 15 is 0 Å². The average Bonchev–Trinajstić information content (AvgIpc) is 2.98. The summed E-state index contributed by atoms with van der Waals surface area (Å²) in [6.45, 7) is 1.88. The highest BCUT2D eigenvalue weighted by Crippen LogP contribution is 2.13. The second kappa shape index (κ2) is 5.58. The van der Waals surface area contributed by atoms with E-state index < -0.39 is 0 Å². The number of anilines is 1. The van der Waals surface area contributed by atoms with Gasteiger partial charge in [0.15, 0.2) is 0 Å². The van der Waals surface area contributed by atoms with Gasteiger partial charge in [-0.05, 0) is 31.2 Å². The van der Waals surface area contributed by atoms with E-state index in [0.717, 1.165) is 11.4 Å². The highest BCUT2D eigenvalue weighted by atomic mass is 16.2. The molecule has 0 bridgehead atoms. The number of rotatable bonds is 3. The molecule has 0 radical (unpaired) electrons. The second-order valence-corrected chi connectivity index (χ2v) is 4.62. The Hall–Kier alpha value is -2.95. The number of benzene rings is 1. The molecule has 2 heterocycles. The maximum atomic E-state index is 12.4. The van der Waals surface area contributed by atoms with Crippen molar-refractivity contribution in [2.45, 2.75) is 6.92 Å². The van der Waals surface area contributed by atoms with E-state index in [0.29, 0.717) is 11.4 Å². The highest BCUT2D eigenvalue weighted by molar-refractivity contribution is 6.03. The summed E-state index contributed by atoms with van der Waals surface area (Å²) in [6, 6.07) is 13.2. The predicted molar refractivity (Wildman–Crippen MR) is 80.5 cm³/mol. The minimum absolute atomic E-state index is 0.207. The number of carbonyl (C=O) groups is 1. The van der Waals surface area contributed by atoms with E-state index in [-0.39, 0.29) is 5.91 Å². The molecule has 0 fully saturated rings. The van der Waals surface area contributed by atoms with Crippen LogP contribution >= 0.6 is 0 Å². The number of nitrogens with zero attached hydrogens (tertiary/aromatic N) is 3. The van der Waals surface area contributed by atoms with E-state index in [1.807, 2.05) is 43.3 Å². The van der Waals surface area contributed by atoms with Gasteiger partial charge in [0.2, 0.25) is 0 Å². The zero-order valence-corrected chi connectivity index (χ0v) is 11.5. The average molecular weight is 278 g/mol. The molecule has 0 saturated heterocycles. The van der Waals surface area contributed by atoms with Gasteiger partial charge >= 0.3 is 0 Å². The van der Waals surface area contributed by atoms with Crippen LogP contribution in [0.1, 0.15) is 16.2 Å². The van der Waals surface area contributed by atoms with E-state index in [1.54, 1.807) is 29.4 Å². The Labute approximate surface area is 122 Å². The van der Waals surface area contributed by atoms with Crippen LogP contribution in [0.5, 0.6) is 0 Å². The van der Waals surface area contributed by atoms with Gasteiger partial charge in [0, 0.05) is 23.3 Å². The predicted octanol–water partition coefficient (Wildman–Crippen LogP) is 2.83. The fourth-order valence-corrected chi connectivity index (χ4v) is 2.08. The van der Waals surface area contributed by atoms with Crippen molar-refractivity contribution in [2.24, 2.45) is 0 Å². The van der Waals surface area contributed by atoms with Gasteiger partial charge in [-0.25, -0.2) is 4.98 Å². The maximum Gasteiger partial charge on any atom is 0.274 e. The molecule has 1 N–H and O–H groups in total. The SMILES string of the molecule is Cc1cc(NC(=O)c2cncn2-c2ccccc2)ccn1. The molecule has 0 aliphatic rings. The van der Waals surface area contributed by atoms with Gasteiger partial charge in [0.1, 0.15) is 5.69 Å². The first-order valence-corrected chi connectivity index (χ1v) is 6.56. The first-order chi connectivity index (χ1) is 10.2. The summed E-state index contributed by atoms with van der Waals surface area (Å²) < 4.78 is 1.75. The lowest BCUT2D eigenvalue weighted by atomic mass is 10.3. The molecular formula is C16H14N4O. The minimum atomic E-state index is -0.207. The Balaban J connectivity index is 1.88. The second-order valence-electron chi connectivity index (χ2n) is 4.62. The van der Waals surface area contributed by atoms with Crippen LogP contribution in [0.3, 0.4) is 0 Å². The fraction of sp³-hybridized carbons (Fsp3) is 0.0625. The van der Waals surface area contributed by atoms with Gasteiger partial charge in [0.05, 0.1) is 12.5 Å². The summed E-state index contributed by atoms with van der Waals surface area (Å²) in [5, 5.41) is 2.86. The third-order valence-corrected chi connectivity index (χ3v) is 3.06. The molecule has 0 saturated carbocycles. The Morgan fingerprint density at radius 3 is 2.76 bits per heavy atom. The molecule has 5 heteroatoms. The minimum Gasteiger partial charge on any atom is -0.321 e. The zero-order chi connectivity index (χ0) is 14.7. The van der Waals surface area contributed by atoms with E-state index in [1.165, 1.54) is 0 Å². The molecule has 3 rings (SSSR count). The van der Waals surface area contributed by atoms with Crippen molar-refractivity contribution in [3.63, 3.8) is 0 Å². The van der Waals surface area contributed by atoms with Crippen LogP contribution in [0.2, 0.25) is 0 Å². The van der Waals surface area contributed by atoms with Gasteiger partial charge in [-0.15, -0.1) is 0 Å². The monoisotopic (exact) mass is 278 g/mol. The van der Waals surface area contributed by atoms with Crippen molar-refractivity contribution in [1.82, 2.24) is 14.5 Å². The lowest BCUT2D eigenvalue weighted by Gasteiger charge is -2.09. The summed E-state index contributed by atoms with van der Waals surface area (Å²) in [7, 11) is 0. The van der Waals surface area contributed by atoms with Crippen LogP contribution in [-0.2, 0) is 0 Å². The number of aromatic nitrogens is 3. The quantitative estimate of drug-likeness (QED) is 0.801. The van der Waals surface area contributed by atoms with Crippen LogP contribution in [0.4, 0.5) is 5.69 Å². The summed E-state index contributed by atoms with van der Waals surface area (Å²) in [5.74, 6) is -0.207. The zero-order valence-electron chi connectivity index (χ0n) is 11.5. The molecule has 1 aromatic carbocycles. The van der Waals surface area contributed by atoms with Gasteiger partial charge in [-0.2, -0.15) is 0 Å². The van der Waals surface area contributed by atoms with Gasteiger partial charge in [-0.1, -0.05) is 18.2 Å². The Morgan fingerprint density at radius 1 is 1.19 bits per heavy atom. The van der Waals surface area contributed by atoms with Gasteiger partial charge in [-0.3, -0.25) is 14.3 Å². The molecule has 2 aromatic heterocycles. The summed E-state index contributed by atoms with van der Waals surface area (Å²) >= 11 is 0. The van der Waals surface area contributed by atoms with Crippen molar-refractivity contribution >= 4 is 11.6 Å². The molecule has 1 amide bonds. The van der Waals surface area contributed by atoms with Crippen molar-refractivity contribution in [2.75, 3.05) is 5.32 Å². The number of pyridine rings is 1. The Kier molecular flexibility index (Phi) is 3.47. The molecular weight excluding hydrogens is 264 g/mol. The van der Waals surface area contributed by atoms with Gasteiger partial charge in [0.25, 0.3) is 5.91 Å². The summed E-state index contributed by atoms with van der Waals surface area (Å²) in [5.41, 5.74) is 2.94. The van der Waals surface area contributed by atoms with Gasteiger partial charge < -0.3 is 5.32 Å². The summed E-state index contributed by atoms with van der Waals surface area (Å²) in [4.78, 5) is 20.6. The number of hydrogen-bond acceptors (Lipinski definition) is 3. The van der Waals surface area contributed by atoms with Crippen LogP contribution in [0.15, 0.2) is 61.2 Å². The topological polar surface area (TPSA) is 59.8 Å². The van der Waals surface area contributed by atoms with Crippen LogP contribution in [0.25, 0.3) is 5.69 Å². The molecule has 0 atom stereocenters. The highest BCUT2D eigenvalue weighted by Gasteiger charge is 2.13. The van der Waals surface area contributed by atoms with Crippen molar-refractivity contribution in [1.29, 1.82) is 0 Å². The lowest BCUT2D eigenvalue weighted by Crippen LogP contribution is -2.16. The molecule has 3 aromatic rings. The van der Waals surface area contributed by atoms with E-state index in [4.69, 9.17) is 0 Å². The fourth-order valence-electron chi connectivity index (χ4n) is 2.08. The van der Waals surface area contributed by atoms with Crippen molar-refractivity contribution in [3.05, 3.63) is 72.6 Å². The largest absolute Gasteiger partial charge is 0.321 e. The number of para-hydroxylation sites is 1. The Bertz CT molecular complexity index is 765.